The smallest absolute Gasteiger partial charge is 0.0587 e. The first kappa shape index (κ1) is 10.9. The summed E-state index contributed by atoms with van der Waals surface area (Å²) < 4.78 is 4.94. The Hall–Kier alpha value is -0.0800. The zero-order chi connectivity index (χ0) is 8.69. The molecule has 0 amide bonds. The van der Waals surface area contributed by atoms with Crippen molar-refractivity contribution < 1.29 is 4.74 Å². The molecule has 0 aliphatic heterocycles. The second-order valence-electron chi connectivity index (χ2n) is 3.12. The molecular weight excluding hydrogens is 138 g/mol. The van der Waals surface area contributed by atoms with Gasteiger partial charge in [0.15, 0.2) is 0 Å². The molecule has 0 saturated carbocycles. The molecule has 0 radical (unpaired) electrons. The van der Waals surface area contributed by atoms with Gasteiger partial charge in [-0.3, -0.25) is 0 Å². The molecule has 0 aromatic rings. The van der Waals surface area contributed by atoms with Crippen molar-refractivity contribution in [3.05, 3.63) is 0 Å². The number of nitrogens with one attached hydrogen (secondary N) is 1. The third-order valence-corrected chi connectivity index (χ3v) is 2.27. The minimum atomic E-state index is 0.607. The highest BCUT2D eigenvalue weighted by molar-refractivity contribution is 4.66. The van der Waals surface area contributed by atoms with Gasteiger partial charge in [0.1, 0.15) is 0 Å². The third-order valence-electron chi connectivity index (χ3n) is 2.27. The topological polar surface area (TPSA) is 21.3 Å². The van der Waals surface area contributed by atoms with Crippen molar-refractivity contribution in [3.63, 3.8) is 0 Å². The number of ether oxygens (including phenoxy) is 1. The van der Waals surface area contributed by atoms with E-state index >= 15 is 0 Å². The SMILES string of the molecule is CCC(C)C(C)NCCOC. The summed E-state index contributed by atoms with van der Waals surface area (Å²) in [5.41, 5.74) is 0. The number of hydrogen-bond acceptors (Lipinski definition) is 2. The largest absolute Gasteiger partial charge is 0.383 e. The van der Waals surface area contributed by atoms with Crippen molar-refractivity contribution in [1.29, 1.82) is 0 Å². The van der Waals surface area contributed by atoms with E-state index in [1.165, 1.54) is 6.42 Å². The quantitative estimate of drug-likeness (QED) is 0.595. The summed E-state index contributed by atoms with van der Waals surface area (Å²) in [5, 5.41) is 3.41. The average Bonchev–Trinajstić information content (AvgIpc) is 2.03. The van der Waals surface area contributed by atoms with Gasteiger partial charge in [-0.1, -0.05) is 20.3 Å². The zero-order valence-corrected chi connectivity index (χ0v) is 8.18. The van der Waals surface area contributed by atoms with Crippen molar-refractivity contribution in [3.8, 4) is 0 Å². The number of hydrogen-bond donors (Lipinski definition) is 1. The van der Waals surface area contributed by atoms with Crippen LogP contribution in [0.2, 0.25) is 0 Å². The van der Waals surface area contributed by atoms with Gasteiger partial charge in [-0.15, -0.1) is 0 Å². The summed E-state index contributed by atoms with van der Waals surface area (Å²) >= 11 is 0. The molecule has 2 atom stereocenters. The van der Waals surface area contributed by atoms with Crippen molar-refractivity contribution in [2.45, 2.75) is 33.2 Å². The molecular formula is C9H21NO. The fraction of sp³-hybridized carbons (Fsp3) is 1.00. The molecule has 2 unspecified atom stereocenters. The fourth-order valence-electron chi connectivity index (χ4n) is 0.943. The maximum atomic E-state index is 4.94. The molecule has 0 aromatic heterocycles. The van der Waals surface area contributed by atoms with Gasteiger partial charge >= 0.3 is 0 Å². The van der Waals surface area contributed by atoms with Gasteiger partial charge in [-0.2, -0.15) is 0 Å². The Morgan fingerprint density at radius 2 is 2.00 bits per heavy atom. The Bertz CT molecular complexity index is 85.6. The first-order valence-electron chi connectivity index (χ1n) is 4.44. The Morgan fingerprint density at radius 1 is 1.36 bits per heavy atom. The molecule has 0 aromatic carbocycles. The molecule has 0 rings (SSSR count). The summed E-state index contributed by atoms with van der Waals surface area (Å²) in [6.45, 7) is 8.48. The summed E-state index contributed by atoms with van der Waals surface area (Å²) in [6.07, 6.45) is 1.24. The van der Waals surface area contributed by atoms with Crippen LogP contribution in [-0.2, 0) is 4.74 Å². The average molecular weight is 159 g/mol. The van der Waals surface area contributed by atoms with Gasteiger partial charge in [0.25, 0.3) is 0 Å². The Balaban J connectivity index is 3.28. The molecule has 0 bridgehead atoms. The molecule has 68 valence electrons. The molecule has 2 heteroatoms. The van der Waals surface area contributed by atoms with Crippen LogP contribution in [0.15, 0.2) is 0 Å². The molecule has 0 fully saturated rings. The number of methoxy groups -OCH3 is 1. The van der Waals surface area contributed by atoms with E-state index in [9.17, 15) is 0 Å². The standard InChI is InChI=1S/C9H21NO/c1-5-8(2)9(3)10-6-7-11-4/h8-10H,5-7H2,1-4H3. The molecule has 11 heavy (non-hydrogen) atoms. The summed E-state index contributed by atoms with van der Waals surface area (Å²) in [6, 6.07) is 0.607. The van der Waals surface area contributed by atoms with Gasteiger partial charge < -0.3 is 10.1 Å². The van der Waals surface area contributed by atoms with E-state index < -0.39 is 0 Å². The van der Waals surface area contributed by atoms with Crippen LogP contribution in [0.25, 0.3) is 0 Å². The van der Waals surface area contributed by atoms with Crippen LogP contribution in [0.5, 0.6) is 0 Å². The van der Waals surface area contributed by atoms with E-state index in [4.69, 9.17) is 4.74 Å². The maximum absolute atomic E-state index is 4.94. The third kappa shape index (κ3) is 5.22. The summed E-state index contributed by atoms with van der Waals surface area (Å²) in [5.74, 6) is 0.756. The molecule has 0 aliphatic carbocycles. The van der Waals surface area contributed by atoms with E-state index in [1.54, 1.807) is 7.11 Å². The lowest BCUT2D eigenvalue weighted by atomic mass is 10.0. The van der Waals surface area contributed by atoms with Gasteiger partial charge in [-0.25, -0.2) is 0 Å². The van der Waals surface area contributed by atoms with E-state index in [-0.39, 0.29) is 0 Å². The van der Waals surface area contributed by atoms with E-state index in [0.29, 0.717) is 6.04 Å². The predicted molar refractivity (Wildman–Crippen MR) is 48.8 cm³/mol. The van der Waals surface area contributed by atoms with Gasteiger partial charge in [-0.05, 0) is 12.8 Å². The summed E-state index contributed by atoms with van der Waals surface area (Å²) in [7, 11) is 1.73. The molecule has 0 heterocycles. The lowest BCUT2D eigenvalue weighted by molar-refractivity contribution is 0.192. The number of rotatable bonds is 6. The molecule has 0 saturated heterocycles. The predicted octanol–water partition coefficient (Wildman–Crippen LogP) is 1.66. The van der Waals surface area contributed by atoms with Crippen molar-refractivity contribution >= 4 is 0 Å². The normalized spacial score (nSPS) is 16.4. The van der Waals surface area contributed by atoms with Crippen LogP contribution in [0.1, 0.15) is 27.2 Å². The first-order chi connectivity index (χ1) is 5.22. The fourth-order valence-corrected chi connectivity index (χ4v) is 0.943. The van der Waals surface area contributed by atoms with Crippen molar-refractivity contribution in [1.82, 2.24) is 5.32 Å². The van der Waals surface area contributed by atoms with Crippen LogP contribution in [0, 0.1) is 5.92 Å². The van der Waals surface area contributed by atoms with E-state index in [1.807, 2.05) is 0 Å². The molecule has 0 spiro atoms. The van der Waals surface area contributed by atoms with Gasteiger partial charge in [0.2, 0.25) is 0 Å². The lowest BCUT2D eigenvalue weighted by Crippen LogP contribution is -2.34. The summed E-state index contributed by atoms with van der Waals surface area (Å²) in [4.78, 5) is 0. The highest BCUT2D eigenvalue weighted by Gasteiger charge is 2.07. The minimum Gasteiger partial charge on any atom is -0.383 e. The van der Waals surface area contributed by atoms with Crippen molar-refractivity contribution in [2.24, 2.45) is 5.92 Å². The molecule has 1 N–H and O–H groups in total. The Labute approximate surface area is 70.3 Å². The molecule has 0 aliphatic rings. The lowest BCUT2D eigenvalue weighted by Gasteiger charge is -2.19. The van der Waals surface area contributed by atoms with Crippen LogP contribution in [0.3, 0.4) is 0 Å². The van der Waals surface area contributed by atoms with Crippen LogP contribution in [0.4, 0.5) is 0 Å². The van der Waals surface area contributed by atoms with Crippen LogP contribution >= 0.6 is 0 Å². The monoisotopic (exact) mass is 159 g/mol. The second kappa shape index (κ2) is 6.62. The second-order valence-corrected chi connectivity index (χ2v) is 3.12. The Kier molecular flexibility index (Phi) is 6.57. The van der Waals surface area contributed by atoms with Gasteiger partial charge in [0.05, 0.1) is 6.61 Å². The minimum absolute atomic E-state index is 0.607. The van der Waals surface area contributed by atoms with E-state index in [2.05, 4.69) is 26.1 Å². The van der Waals surface area contributed by atoms with Crippen molar-refractivity contribution in [2.75, 3.05) is 20.3 Å². The van der Waals surface area contributed by atoms with Gasteiger partial charge in [0, 0.05) is 19.7 Å². The highest BCUT2D eigenvalue weighted by Crippen LogP contribution is 2.05. The van der Waals surface area contributed by atoms with Crippen LogP contribution in [-0.4, -0.2) is 26.3 Å². The van der Waals surface area contributed by atoms with Crippen LogP contribution < -0.4 is 5.32 Å². The zero-order valence-electron chi connectivity index (χ0n) is 8.18. The maximum Gasteiger partial charge on any atom is 0.0587 e. The highest BCUT2D eigenvalue weighted by atomic mass is 16.5. The first-order valence-corrected chi connectivity index (χ1v) is 4.44. The molecule has 2 nitrogen and oxygen atoms in total. The van der Waals surface area contributed by atoms with E-state index in [0.717, 1.165) is 19.1 Å². The Morgan fingerprint density at radius 3 is 2.45 bits per heavy atom.